The van der Waals surface area contributed by atoms with Crippen LogP contribution in [0.3, 0.4) is 0 Å². The third kappa shape index (κ3) is 1.53. The Kier molecular flexibility index (Phi) is 2.26. The molecule has 0 radical (unpaired) electrons. The number of benzene rings is 2. The molecular formula is C13H10NOS-. The highest BCUT2D eigenvalue weighted by molar-refractivity contribution is 7.88. The van der Waals surface area contributed by atoms with Gasteiger partial charge in [0.2, 0.25) is 0 Å². The van der Waals surface area contributed by atoms with E-state index in [0.29, 0.717) is 5.88 Å². The zero-order chi connectivity index (χ0) is 11.0. The summed E-state index contributed by atoms with van der Waals surface area (Å²) in [5.41, 5.74) is 1.07. The van der Waals surface area contributed by atoms with Gasteiger partial charge in [0, 0.05) is 10.8 Å². The minimum atomic E-state index is -0.907. The molecule has 1 heterocycles. The summed E-state index contributed by atoms with van der Waals surface area (Å²) in [6.07, 6.45) is 3.02. The molecule has 2 aromatic rings. The van der Waals surface area contributed by atoms with Crippen LogP contribution in [0.15, 0.2) is 47.9 Å². The molecule has 80 valence electrons. The Morgan fingerprint density at radius 2 is 1.94 bits per heavy atom. The average molecular weight is 228 g/mol. The topological polar surface area (TPSA) is 20.3 Å². The number of rotatable bonds is 1. The molecule has 1 unspecified atom stereocenters. The van der Waals surface area contributed by atoms with Gasteiger partial charge in [0.1, 0.15) is 0 Å². The van der Waals surface area contributed by atoms with Crippen LogP contribution < -0.4 is 4.90 Å². The molecule has 0 aromatic heterocycles. The molecule has 3 heteroatoms. The maximum absolute atomic E-state index is 11.3. The Balaban J connectivity index is 2.17. The van der Waals surface area contributed by atoms with Gasteiger partial charge in [-0.05, 0) is 5.39 Å². The minimum absolute atomic E-state index is 0.508. The molecular weight excluding hydrogens is 218 g/mol. The van der Waals surface area contributed by atoms with E-state index >= 15 is 0 Å². The molecule has 2 aromatic carbocycles. The van der Waals surface area contributed by atoms with Gasteiger partial charge < -0.3 is 4.90 Å². The molecule has 0 saturated carbocycles. The van der Waals surface area contributed by atoms with Gasteiger partial charge in [0.05, 0.1) is 5.88 Å². The number of anilines is 1. The van der Waals surface area contributed by atoms with E-state index in [4.69, 9.17) is 0 Å². The van der Waals surface area contributed by atoms with Crippen molar-refractivity contribution in [3.63, 3.8) is 0 Å². The van der Waals surface area contributed by atoms with Crippen molar-refractivity contribution in [2.45, 2.75) is 0 Å². The van der Waals surface area contributed by atoms with Crippen LogP contribution in [0.4, 0.5) is 5.69 Å². The van der Waals surface area contributed by atoms with Crippen LogP contribution in [0.1, 0.15) is 0 Å². The SMILES string of the molecule is O=S1C=[C-]N(c2cccc3ccccc23)C1. The van der Waals surface area contributed by atoms with Crippen molar-refractivity contribution in [3.05, 3.63) is 54.1 Å². The standard InChI is InChI=1S/C13H10NOS/c15-16-9-8-14(10-16)13-7-3-5-11-4-1-2-6-12(11)13/h1-7,9H,10H2/q-1. The minimum Gasteiger partial charge on any atom is -0.499 e. The highest BCUT2D eigenvalue weighted by Crippen LogP contribution is 2.28. The fourth-order valence-corrected chi connectivity index (χ4v) is 2.69. The van der Waals surface area contributed by atoms with Gasteiger partial charge in [-0.15, -0.1) is 11.8 Å². The first-order valence-electron chi connectivity index (χ1n) is 5.06. The fourth-order valence-electron chi connectivity index (χ4n) is 1.91. The van der Waals surface area contributed by atoms with E-state index in [1.165, 1.54) is 10.8 Å². The molecule has 0 aliphatic carbocycles. The van der Waals surface area contributed by atoms with Crippen LogP contribution in [0.2, 0.25) is 0 Å². The second kappa shape index (κ2) is 3.76. The van der Waals surface area contributed by atoms with Crippen molar-refractivity contribution in [3.8, 4) is 0 Å². The van der Waals surface area contributed by atoms with Crippen molar-refractivity contribution in [2.75, 3.05) is 10.8 Å². The quantitative estimate of drug-likeness (QED) is 0.699. The zero-order valence-electron chi connectivity index (χ0n) is 8.59. The van der Waals surface area contributed by atoms with E-state index < -0.39 is 10.8 Å². The third-order valence-electron chi connectivity index (χ3n) is 2.65. The van der Waals surface area contributed by atoms with Gasteiger partial charge in [-0.25, -0.2) is 0 Å². The number of nitrogens with zero attached hydrogens (tertiary/aromatic N) is 1. The van der Waals surface area contributed by atoms with Crippen molar-refractivity contribution in [1.82, 2.24) is 0 Å². The Hall–Kier alpha value is -1.61. The van der Waals surface area contributed by atoms with Crippen LogP contribution in [0.25, 0.3) is 10.8 Å². The summed E-state index contributed by atoms with van der Waals surface area (Å²) in [6, 6.07) is 14.3. The normalized spacial score (nSPS) is 19.5. The molecule has 1 atom stereocenters. The van der Waals surface area contributed by atoms with Gasteiger partial charge in [0.25, 0.3) is 0 Å². The Bertz CT molecular complexity index is 586. The molecule has 1 aliphatic heterocycles. The molecule has 3 rings (SSSR count). The van der Waals surface area contributed by atoms with Crippen LogP contribution in [-0.2, 0) is 10.8 Å². The van der Waals surface area contributed by atoms with Crippen molar-refractivity contribution in [1.29, 1.82) is 0 Å². The van der Waals surface area contributed by atoms with Crippen LogP contribution in [0, 0.1) is 6.20 Å². The van der Waals surface area contributed by atoms with Gasteiger partial charge in [-0.1, -0.05) is 47.2 Å². The molecule has 16 heavy (non-hydrogen) atoms. The lowest BCUT2D eigenvalue weighted by Crippen LogP contribution is -2.15. The number of hydrogen-bond acceptors (Lipinski definition) is 2. The first-order valence-corrected chi connectivity index (χ1v) is 6.45. The second-order valence-electron chi connectivity index (χ2n) is 3.68. The van der Waals surface area contributed by atoms with Gasteiger partial charge in [0.15, 0.2) is 0 Å². The van der Waals surface area contributed by atoms with Gasteiger partial charge in [-0.2, -0.15) is 6.20 Å². The van der Waals surface area contributed by atoms with Crippen molar-refractivity contribution >= 4 is 27.3 Å². The monoisotopic (exact) mass is 228 g/mol. The molecule has 0 saturated heterocycles. The Labute approximate surface area is 96.6 Å². The lowest BCUT2D eigenvalue weighted by Gasteiger charge is -2.28. The summed E-state index contributed by atoms with van der Waals surface area (Å²) in [6.45, 7) is 0. The van der Waals surface area contributed by atoms with Crippen molar-refractivity contribution < 1.29 is 4.21 Å². The molecule has 0 fully saturated rings. The van der Waals surface area contributed by atoms with E-state index in [2.05, 4.69) is 24.4 Å². The van der Waals surface area contributed by atoms with E-state index in [0.717, 1.165) is 5.69 Å². The van der Waals surface area contributed by atoms with E-state index in [1.54, 1.807) is 5.41 Å². The second-order valence-corrected chi connectivity index (χ2v) is 4.94. The summed E-state index contributed by atoms with van der Waals surface area (Å²) >= 11 is 0. The number of fused-ring (bicyclic) bond motifs is 1. The fraction of sp³-hybridized carbons (Fsp3) is 0.0769. The Morgan fingerprint density at radius 1 is 1.12 bits per heavy atom. The molecule has 0 amide bonds. The highest BCUT2D eigenvalue weighted by Gasteiger charge is 2.05. The lowest BCUT2D eigenvalue weighted by atomic mass is 10.1. The first kappa shape index (κ1) is 9.60. The van der Waals surface area contributed by atoms with Crippen LogP contribution in [0.5, 0.6) is 0 Å². The Morgan fingerprint density at radius 3 is 2.75 bits per heavy atom. The van der Waals surface area contributed by atoms with E-state index in [9.17, 15) is 4.21 Å². The third-order valence-corrected chi connectivity index (χ3v) is 3.53. The predicted octanol–water partition coefficient (Wildman–Crippen LogP) is 2.64. The van der Waals surface area contributed by atoms with Gasteiger partial charge >= 0.3 is 0 Å². The summed E-state index contributed by atoms with van der Waals surface area (Å²) in [7, 11) is -0.907. The van der Waals surface area contributed by atoms with Gasteiger partial charge in [-0.3, -0.25) is 4.21 Å². The lowest BCUT2D eigenvalue weighted by molar-refractivity contribution is 0.689. The highest BCUT2D eigenvalue weighted by atomic mass is 32.2. The molecule has 1 aliphatic rings. The predicted molar refractivity (Wildman–Crippen MR) is 67.2 cm³/mol. The van der Waals surface area contributed by atoms with E-state index in [-0.39, 0.29) is 0 Å². The van der Waals surface area contributed by atoms with Crippen molar-refractivity contribution in [2.24, 2.45) is 0 Å². The van der Waals surface area contributed by atoms with Crippen LogP contribution in [-0.4, -0.2) is 10.1 Å². The molecule has 0 spiro atoms. The molecule has 2 nitrogen and oxygen atoms in total. The zero-order valence-corrected chi connectivity index (χ0v) is 9.41. The maximum atomic E-state index is 11.3. The number of hydrogen-bond donors (Lipinski definition) is 0. The summed E-state index contributed by atoms with van der Waals surface area (Å²) in [4.78, 5) is 1.92. The summed E-state index contributed by atoms with van der Waals surface area (Å²) < 4.78 is 11.3. The largest absolute Gasteiger partial charge is 0.499 e. The first-order chi connectivity index (χ1) is 7.84. The van der Waals surface area contributed by atoms with E-state index in [1.807, 2.05) is 29.2 Å². The molecule has 0 N–H and O–H groups in total. The summed E-state index contributed by atoms with van der Waals surface area (Å²) in [5.74, 6) is 0.508. The smallest absolute Gasteiger partial charge is 0.0696 e. The summed E-state index contributed by atoms with van der Waals surface area (Å²) in [5, 5.41) is 3.98. The average Bonchev–Trinajstić information content (AvgIpc) is 2.75. The van der Waals surface area contributed by atoms with Crippen LogP contribution >= 0.6 is 0 Å². The molecule has 0 bridgehead atoms. The maximum Gasteiger partial charge on any atom is 0.0696 e.